The molecular formula is C14H12N2O. The Morgan fingerprint density at radius 3 is 2.65 bits per heavy atom. The lowest BCUT2D eigenvalue weighted by Gasteiger charge is -2.05. The van der Waals surface area contributed by atoms with Gasteiger partial charge in [-0.15, -0.1) is 0 Å². The van der Waals surface area contributed by atoms with Crippen LogP contribution in [0.4, 0.5) is 0 Å². The molecule has 1 heterocycles. The summed E-state index contributed by atoms with van der Waals surface area (Å²) in [4.78, 5) is 3.98. The summed E-state index contributed by atoms with van der Waals surface area (Å²) >= 11 is 0. The molecule has 0 bridgehead atoms. The molecule has 0 aliphatic carbocycles. The van der Waals surface area contributed by atoms with E-state index in [9.17, 15) is 0 Å². The van der Waals surface area contributed by atoms with E-state index < -0.39 is 0 Å². The largest absolute Gasteiger partial charge is 0.372 e. The Labute approximate surface area is 100 Å². The van der Waals surface area contributed by atoms with Crippen molar-refractivity contribution >= 4 is 0 Å². The van der Waals surface area contributed by atoms with E-state index in [2.05, 4.69) is 11.1 Å². The SMILES string of the molecule is N#Cc1ncccc1COCc1ccccc1. The highest BCUT2D eigenvalue weighted by Gasteiger charge is 2.02. The quantitative estimate of drug-likeness (QED) is 0.802. The van der Waals surface area contributed by atoms with Crippen molar-refractivity contribution in [2.24, 2.45) is 0 Å². The molecule has 0 atom stereocenters. The molecule has 1 aromatic carbocycles. The highest BCUT2D eigenvalue weighted by atomic mass is 16.5. The first-order valence-electron chi connectivity index (χ1n) is 5.36. The first kappa shape index (κ1) is 11.3. The van der Waals surface area contributed by atoms with Gasteiger partial charge in [0.05, 0.1) is 13.2 Å². The van der Waals surface area contributed by atoms with Crippen molar-refractivity contribution in [3.8, 4) is 6.07 Å². The predicted molar refractivity (Wildman–Crippen MR) is 63.9 cm³/mol. The summed E-state index contributed by atoms with van der Waals surface area (Å²) in [6.45, 7) is 0.951. The second-order valence-corrected chi connectivity index (χ2v) is 3.60. The fraction of sp³-hybridized carbons (Fsp3) is 0.143. The number of nitriles is 1. The zero-order valence-electron chi connectivity index (χ0n) is 9.34. The van der Waals surface area contributed by atoms with Crippen molar-refractivity contribution in [2.75, 3.05) is 0 Å². The molecule has 0 amide bonds. The number of hydrogen-bond acceptors (Lipinski definition) is 3. The van der Waals surface area contributed by atoms with Gasteiger partial charge >= 0.3 is 0 Å². The Bertz CT molecular complexity index is 517. The summed E-state index contributed by atoms with van der Waals surface area (Å²) in [7, 11) is 0. The lowest BCUT2D eigenvalue weighted by molar-refractivity contribution is 0.107. The van der Waals surface area contributed by atoms with E-state index in [-0.39, 0.29) is 0 Å². The minimum atomic E-state index is 0.408. The minimum Gasteiger partial charge on any atom is -0.372 e. The summed E-state index contributed by atoms with van der Waals surface area (Å²) in [5.74, 6) is 0. The van der Waals surface area contributed by atoms with Gasteiger partial charge in [0.1, 0.15) is 11.8 Å². The van der Waals surface area contributed by atoms with Gasteiger partial charge in [-0.25, -0.2) is 4.98 Å². The zero-order valence-corrected chi connectivity index (χ0v) is 9.34. The second kappa shape index (κ2) is 5.78. The molecule has 0 unspecified atom stereocenters. The van der Waals surface area contributed by atoms with Crippen molar-refractivity contribution in [2.45, 2.75) is 13.2 Å². The van der Waals surface area contributed by atoms with E-state index in [0.29, 0.717) is 18.9 Å². The normalized spacial score (nSPS) is 9.82. The molecule has 0 spiro atoms. The fourth-order valence-electron chi connectivity index (χ4n) is 1.51. The number of aromatic nitrogens is 1. The molecule has 2 rings (SSSR count). The topological polar surface area (TPSA) is 45.9 Å². The Balaban J connectivity index is 1.93. The maximum absolute atomic E-state index is 8.87. The van der Waals surface area contributed by atoms with Crippen LogP contribution in [-0.4, -0.2) is 4.98 Å². The second-order valence-electron chi connectivity index (χ2n) is 3.60. The Hall–Kier alpha value is -2.18. The third-order valence-corrected chi connectivity index (χ3v) is 2.37. The average Bonchev–Trinajstić information content (AvgIpc) is 2.40. The van der Waals surface area contributed by atoms with Crippen LogP contribution in [0.25, 0.3) is 0 Å². The van der Waals surface area contributed by atoms with Gasteiger partial charge in [0.15, 0.2) is 0 Å². The third kappa shape index (κ3) is 3.13. The number of hydrogen-bond donors (Lipinski definition) is 0. The average molecular weight is 224 g/mol. The first-order chi connectivity index (χ1) is 8.40. The van der Waals surface area contributed by atoms with Crippen LogP contribution in [0, 0.1) is 11.3 Å². The smallest absolute Gasteiger partial charge is 0.145 e. The van der Waals surface area contributed by atoms with Gasteiger partial charge in [-0.05, 0) is 11.6 Å². The number of benzene rings is 1. The number of nitrogens with zero attached hydrogens (tertiary/aromatic N) is 2. The summed E-state index contributed by atoms with van der Waals surface area (Å²) in [5, 5.41) is 8.87. The lowest BCUT2D eigenvalue weighted by atomic mass is 10.2. The molecule has 17 heavy (non-hydrogen) atoms. The highest BCUT2D eigenvalue weighted by molar-refractivity contribution is 5.29. The van der Waals surface area contributed by atoms with Crippen LogP contribution in [0.5, 0.6) is 0 Å². The van der Waals surface area contributed by atoms with Crippen molar-refractivity contribution in [3.05, 3.63) is 65.5 Å². The molecule has 0 saturated heterocycles. The van der Waals surface area contributed by atoms with Gasteiger partial charge in [-0.2, -0.15) is 5.26 Å². The van der Waals surface area contributed by atoms with Crippen molar-refractivity contribution in [1.82, 2.24) is 4.98 Å². The first-order valence-corrected chi connectivity index (χ1v) is 5.36. The van der Waals surface area contributed by atoms with Crippen molar-refractivity contribution < 1.29 is 4.74 Å². The van der Waals surface area contributed by atoms with Gasteiger partial charge in [0.2, 0.25) is 0 Å². The maximum Gasteiger partial charge on any atom is 0.145 e. The van der Waals surface area contributed by atoms with E-state index >= 15 is 0 Å². The monoisotopic (exact) mass is 224 g/mol. The molecule has 2 aromatic rings. The molecule has 0 saturated carbocycles. The summed E-state index contributed by atoms with van der Waals surface area (Å²) < 4.78 is 5.56. The summed E-state index contributed by atoms with van der Waals surface area (Å²) in [6.07, 6.45) is 1.61. The molecule has 1 aromatic heterocycles. The number of rotatable bonds is 4. The van der Waals surface area contributed by atoms with E-state index in [4.69, 9.17) is 10.00 Å². The van der Waals surface area contributed by atoms with Crippen molar-refractivity contribution in [1.29, 1.82) is 5.26 Å². The molecule has 0 N–H and O–H groups in total. The zero-order chi connectivity index (χ0) is 11.9. The standard InChI is InChI=1S/C14H12N2O/c15-9-14-13(7-4-8-16-14)11-17-10-12-5-2-1-3-6-12/h1-8H,10-11H2. The highest BCUT2D eigenvalue weighted by Crippen LogP contribution is 2.08. The van der Waals surface area contributed by atoms with Gasteiger partial charge in [0, 0.05) is 11.8 Å². The molecule has 0 aliphatic heterocycles. The van der Waals surface area contributed by atoms with E-state index in [0.717, 1.165) is 11.1 Å². The Kier molecular flexibility index (Phi) is 3.85. The Morgan fingerprint density at radius 2 is 1.88 bits per heavy atom. The van der Waals surface area contributed by atoms with Crippen molar-refractivity contribution in [3.63, 3.8) is 0 Å². The maximum atomic E-state index is 8.87. The van der Waals surface area contributed by atoms with Crippen LogP contribution in [0.15, 0.2) is 48.7 Å². The number of ether oxygens (including phenoxy) is 1. The number of pyridine rings is 1. The van der Waals surface area contributed by atoms with Gasteiger partial charge in [-0.1, -0.05) is 36.4 Å². The minimum absolute atomic E-state index is 0.408. The van der Waals surface area contributed by atoms with Crippen LogP contribution < -0.4 is 0 Å². The van der Waals surface area contributed by atoms with E-state index in [1.165, 1.54) is 0 Å². The van der Waals surface area contributed by atoms with Gasteiger partial charge in [-0.3, -0.25) is 0 Å². The molecular weight excluding hydrogens is 212 g/mol. The summed E-state index contributed by atoms with van der Waals surface area (Å²) in [5.41, 5.74) is 2.38. The summed E-state index contributed by atoms with van der Waals surface area (Å²) in [6, 6.07) is 15.7. The van der Waals surface area contributed by atoms with Crippen LogP contribution in [0.1, 0.15) is 16.8 Å². The van der Waals surface area contributed by atoms with E-state index in [1.54, 1.807) is 6.20 Å². The van der Waals surface area contributed by atoms with Gasteiger partial charge in [0.25, 0.3) is 0 Å². The third-order valence-electron chi connectivity index (χ3n) is 2.37. The van der Waals surface area contributed by atoms with E-state index in [1.807, 2.05) is 42.5 Å². The van der Waals surface area contributed by atoms with Crippen LogP contribution >= 0.6 is 0 Å². The molecule has 0 radical (unpaired) electrons. The molecule has 84 valence electrons. The van der Waals surface area contributed by atoms with Crippen LogP contribution in [-0.2, 0) is 18.0 Å². The molecule has 0 aliphatic rings. The van der Waals surface area contributed by atoms with Gasteiger partial charge < -0.3 is 4.74 Å². The predicted octanol–water partition coefficient (Wildman–Crippen LogP) is 2.67. The molecule has 3 heteroatoms. The fourth-order valence-corrected chi connectivity index (χ4v) is 1.51. The van der Waals surface area contributed by atoms with Crippen LogP contribution in [0.3, 0.4) is 0 Å². The molecule has 0 fully saturated rings. The Morgan fingerprint density at radius 1 is 1.06 bits per heavy atom. The molecule has 3 nitrogen and oxygen atoms in total. The lowest BCUT2D eigenvalue weighted by Crippen LogP contribution is -1.98. The van der Waals surface area contributed by atoms with Crippen LogP contribution in [0.2, 0.25) is 0 Å².